The summed E-state index contributed by atoms with van der Waals surface area (Å²) in [5.74, 6) is 1.93. The first-order chi connectivity index (χ1) is 10.3. The predicted octanol–water partition coefficient (Wildman–Crippen LogP) is 3.62. The van der Waals surface area contributed by atoms with Crippen LogP contribution >= 0.6 is 0 Å². The van der Waals surface area contributed by atoms with Gasteiger partial charge in [0.15, 0.2) is 5.82 Å². The Morgan fingerprint density at radius 3 is 2.71 bits per heavy atom. The van der Waals surface area contributed by atoms with Crippen molar-refractivity contribution in [3.8, 4) is 5.88 Å². The summed E-state index contributed by atoms with van der Waals surface area (Å²) in [4.78, 5) is 8.43. The van der Waals surface area contributed by atoms with Gasteiger partial charge in [0.1, 0.15) is 12.0 Å². The van der Waals surface area contributed by atoms with Crippen molar-refractivity contribution in [3.63, 3.8) is 0 Å². The van der Waals surface area contributed by atoms with Crippen LogP contribution in [-0.2, 0) is 0 Å². The van der Waals surface area contributed by atoms with Crippen molar-refractivity contribution >= 4 is 11.5 Å². The van der Waals surface area contributed by atoms with Gasteiger partial charge >= 0.3 is 0 Å². The van der Waals surface area contributed by atoms with Crippen LogP contribution in [0.2, 0.25) is 0 Å². The predicted molar refractivity (Wildman–Crippen MR) is 86.5 cm³/mol. The first-order valence-electron chi connectivity index (χ1n) is 8.26. The highest BCUT2D eigenvalue weighted by atomic mass is 16.5. The van der Waals surface area contributed by atoms with Gasteiger partial charge in [-0.15, -0.1) is 0 Å². The van der Waals surface area contributed by atoms with Crippen molar-refractivity contribution in [1.82, 2.24) is 9.97 Å². The van der Waals surface area contributed by atoms with Gasteiger partial charge in [0.25, 0.3) is 0 Å². The molecular formula is C16H28N4O. The zero-order valence-electron chi connectivity index (χ0n) is 13.3. The molecule has 0 amide bonds. The Hall–Kier alpha value is -1.52. The molecule has 21 heavy (non-hydrogen) atoms. The van der Waals surface area contributed by atoms with Gasteiger partial charge < -0.3 is 15.8 Å². The van der Waals surface area contributed by atoms with E-state index in [0.29, 0.717) is 30.0 Å². The lowest BCUT2D eigenvalue weighted by Gasteiger charge is -2.31. The third kappa shape index (κ3) is 4.22. The van der Waals surface area contributed by atoms with Gasteiger partial charge in [-0.1, -0.05) is 33.1 Å². The van der Waals surface area contributed by atoms with Crippen molar-refractivity contribution < 1.29 is 4.74 Å². The molecule has 118 valence electrons. The minimum absolute atomic E-state index is 0.432. The van der Waals surface area contributed by atoms with E-state index in [4.69, 9.17) is 10.5 Å². The highest BCUT2D eigenvalue weighted by molar-refractivity contribution is 5.66. The molecule has 0 aliphatic heterocycles. The Morgan fingerprint density at radius 1 is 1.29 bits per heavy atom. The molecule has 1 heterocycles. The summed E-state index contributed by atoms with van der Waals surface area (Å²) in [6, 6.07) is 0.432. The lowest BCUT2D eigenvalue weighted by molar-refractivity contribution is 0.305. The van der Waals surface area contributed by atoms with Gasteiger partial charge in [0.2, 0.25) is 5.88 Å². The van der Waals surface area contributed by atoms with E-state index in [9.17, 15) is 0 Å². The fourth-order valence-electron chi connectivity index (χ4n) is 3.07. The van der Waals surface area contributed by atoms with Crippen LogP contribution < -0.4 is 15.8 Å². The zero-order chi connectivity index (χ0) is 15.1. The van der Waals surface area contributed by atoms with Gasteiger partial charge in [0.05, 0.1) is 6.61 Å². The van der Waals surface area contributed by atoms with Crippen LogP contribution in [0.5, 0.6) is 5.88 Å². The highest BCUT2D eigenvalue weighted by Gasteiger charge is 2.23. The number of anilines is 2. The van der Waals surface area contributed by atoms with E-state index in [-0.39, 0.29) is 0 Å². The number of nitrogens with zero attached hydrogens (tertiary/aromatic N) is 2. The summed E-state index contributed by atoms with van der Waals surface area (Å²) in [7, 11) is 0. The van der Waals surface area contributed by atoms with Crippen molar-refractivity contribution in [3.05, 3.63) is 6.33 Å². The molecule has 1 unspecified atom stereocenters. The monoisotopic (exact) mass is 292 g/mol. The van der Waals surface area contributed by atoms with Crippen molar-refractivity contribution in [2.45, 2.75) is 64.8 Å². The molecule has 0 saturated heterocycles. The number of rotatable bonds is 7. The number of nitrogen functional groups attached to an aromatic ring is 1. The molecular weight excluding hydrogens is 264 g/mol. The third-order valence-electron chi connectivity index (χ3n) is 4.27. The average Bonchev–Trinajstić information content (AvgIpc) is 2.53. The molecule has 1 aromatic rings. The van der Waals surface area contributed by atoms with Crippen LogP contribution in [-0.4, -0.2) is 22.6 Å². The quantitative estimate of drug-likeness (QED) is 0.803. The second kappa shape index (κ2) is 8.05. The van der Waals surface area contributed by atoms with Crippen molar-refractivity contribution in [2.75, 3.05) is 17.7 Å². The molecule has 0 radical (unpaired) electrons. The second-order valence-electron chi connectivity index (χ2n) is 5.85. The fourth-order valence-corrected chi connectivity index (χ4v) is 3.07. The number of ether oxygens (including phenoxy) is 1. The van der Waals surface area contributed by atoms with Gasteiger partial charge in [-0.3, -0.25) is 0 Å². The Balaban J connectivity index is 2.06. The van der Waals surface area contributed by atoms with Crippen LogP contribution in [0.3, 0.4) is 0 Å². The number of nitrogens with two attached hydrogens (primary N) is 1. The highest BCUT2D eigenvalue weighted by Crippen LogP contribution is 2.31. The molecule has 5 nitrogen and oxygen atoms in total. The smallest absolute Gasteiger partial charge is 0.242 e. The van der Waals surface area contributed by atoms with E-state index >= 15 is 0 Å². The Labute approximate surface area is 127 Å². The number of hydrogen-bond acceptors (Lipinski definition) is 5. The zero-order valence-corrected chi connectivity index (χ0v) is 13.3. The topological polar surface area (TPSA) is 73.1 Å². The molecule has 3 N–H and O–H groups in total. The first kappa shape index (κ1) is 15.9. The molecule has 2 rings (SSSR count). The van der Waals surface area contributed by atoms with Crippen LogP contribution in [0.25, 0.3) is 0 Å². The lowest BCUT2D eigenvalue weighted by Crippen LogP contribution is -2.30. The number of nitrogens with one attached hydrogen (secondary N) is 1. The molecule has 0 aromatic carbocycles. The normalized spacial score (nSPS) is 17.4. The molecule has 1 saturated carbocycles. The van der Waals surface area contributed by atoms with E-state index in [1.54, 1.807) is 0 Å². The van der Waals surface area contributed by atoms with Crippen LogP contribution in [0, 0.1) is 5.92 Å². The number of aromatic nitrogens is 2. The van der Waals surface area contributed by atoms with E-state index in [1.807, 2.05) is 0 Å². The Kier molecular flexibility index (Phi) is 6.08. The minimum Gasteiger partial charge on any atom is -0.476 e. The minimum atomic E-state index is 0.432. The summed E-state index contributed by atoms with van der Waals surface area (Å²) in [5.41, 5.74) is 6.67. The maximum Gasteiger partial charge on any atom is 0.242 e. The molecule has 1 aliphatic carbocycles. The summed E-state index contributed by atoms with van der Waals surface area (Å²) < 4.78 is 5.57. The Morgan fingerprint density at radius 2 is 2.05 bits per heavy atom. The maximum absolute atomic E-state index is 6.14. The molecule has 1 aliphatic rings. The maximum atomic E-state index is 6.14. The molecule has 0 bridgehead atoms. The third-order valence-corrected chi connectivity index (χ3v) is 4.27. The SMILES string of the molecule is CCCOc1ncnc(NC(CC)C2CCCCC2)c1N. The Bertz CT molecular complexity index is 432. The van der Waals surface area contributed by atoms with Crippen molar-refractivity contribution in [2.24, 2.45) is 5.92 Å². The van der Waals surface area contributed by atoms with Crippen LogP contribution in [0.15, 0.2) is 6.33 Å². The molecule has 1 fully saturated rings. The van der Waals surface area contributed by atoms with Gasteiger partial charge in [0, 0.05) is 6.04 Å². The van der Waals surface area contributed by atoms with Crippen molar-refractivity contribution in [1.29, 1.82) is 0 Å². The van der Waals surface area contributed by atoms with E-state index in [0.717, 1.165) is 18.8 Å². The molecule has 0 spiro atoms. The summed E-state index contributed by atoms with van der Waals surface area (Å²) >= 11 is 0. The van der Waals surface area contributed by atoms with Crippen LogP contribution in [0.4, 0.5) is 11.5 Å². The second-order valence-corrected chi connectivity index (χ2v) is 5.85. The fraction of sp³-hybridized carbons (Fsp3) is 0.750. The van der Waals surface area contributed by atoms with E-state index in [1.165, 1.54) is 38.4 Å². The number of hydrogen-bond donors (Lipinski definition) is 2. The first-order valence-corrected chi connectivity index (χ1v) is 8.26. The van der Waals surface area contributed by atoms with E-state index in [2.05, 4.69) is 29.1 Å². The lowest BCUT2D eigenvalue weighted by atomic mass is 9.83. The average molecular weight is 292 g/mol. The molecule has 1 aromatic heterocycles. The summed E-state index contributed by atoms with van der Waals surface area (Å²) in [6.07, 6.45) is 10.2. The van der Waals surface area contributed by atoms with Gasteiger partial charge in [-0.2, -0.15) is 4.98 Å². The standard InChI is InChI=1S/C16H28N4O/c1-3-10-21-16-14(17)15(18-11-19-16)20-13(4-2)12-8-6-5-7-9-12/h11-13H,3-10,17H2,1-2H3,(H,18,19,20). The van der Waals surface area contributed by atoms with Gasteiger partial charge in [-0.25, -0.2) is 4.98 Å². The van der Waals surface area contributed by atoms with Gasteiger partial charge in [-0.05, 0) is 31.6 Å². The molecule has 1 atom stereocenters. The largest absolute Gasteiger partial charge is 0.476 e. The summed E-state index contributed by atoms with van der Waals surface area (Å²) in [5, 5.41) is 3.53. The van der Waals surface area contributed by atoms with Crippen LogP contribution in [0.1, 0.15) is 58.8 Å². The van der Waals surface area contributed by atoms with E-state index < -0.39 is 0 Å². The molecule has 5 heteroatoms. The summed E-state index contributed by atoms with van der Waals surface area (Å²) in [6.45, 7) is 4.91.